The Labute approximate surface area is 102 Å². The van der Waals surface area contributed by atoms with Crippen molar-refractivity contribution in [3.05, 3.63) is 0 Å². The molecule has 0 radical (unpaired) electrons. The van der Waals surface area contributed by atoms with Crippen LogP contribution in [0.2, 0.25) is 0 Å². The van der Waals surface area contributed by atoms with Gasteiger partial charge in [-0.3, -0.25) is 9.59 Å². The predicted molar refractivity (Wildman–Crippen MR) is 64.5 cm³/mol. The second-order valence-corrected chi connectivity index (χ2v) is 4.58. The first-order valence-corrected chi connectivity index (χ1v) is 6.25. The van der Waals surface area contributed by atoms with Gasteiger partial charge in [-0.25, -0.2) is 0 Å². The van der Waals surface area contributed by atoms with Crippen molar-refractivity contribution in [1.29, 1.82) is 0 Å². The molecule has 1 rings (SSSR count). The lowest BCUT2D eigenvalue weighted by molar-refractivity contribution is -0.135. The second kappa shape index (κ2) is 7.27. The number of carbonyl (C=O) groups is 2. The van der Waals surface area contributed by atoms with Crippen LogP contribution in [0.5, 0.6) is 0 Å². The molecule has 1 aliphatic heterocycles. The SMILES string of the molecule is CC(C)OCC(=O)NCC(=O)N1CCCCC1. The molecular weight excluding hydrogens is 220 g/mol. The van der Waals surface area contributed by atoms with E-state index in [1.807, 2.05) is 18.7 Å². The lowest BCUT2D eigenvalue weighted by atomic mass is 10.1. The molecule has 0 aliphatic carbocycles. The Morgan fingerprint density at radius 2 is 1.88 bits per heavy atom. The number of hydrogen-bond acceptors (Lipinski definition) is 3. The number of nitrogens with one attached hydrogen (secondary N) is 1. The molecule has 0 aromatic rings. The molecule has 2 amide bonds. The first-order valence-electron chi connectivity index (χ1n) is 6.25. The van der Waals surface area contributed by atoms with E-state index >= 15 is 0 Å². The van der Waals surface area contributed by atoms with Gasteiger partial charge in [0, 0.05) is 13.1 Å². The van der Waals surface area contributed by atoms with Gasteiger partial charge in [-0.05, 0) is 33.1 Å². The molecule has 0 unspecified atom stereocenters. The number of ether oxygens (including phenoxy) is 1. The number of nitrogens with zero attached hydrogens (tertiary/aromatic N) is 1. The van der Waals surface area contributed by atoms with Gasteiger partial charge in [-0.2, -0.15) is 0 Å². The van der Waals surface area contributed by atoms with Crippen LogP contribution >= 0.6 is 0 Å². The van der Waals surface area contributed by atoms with E-state index in [0.717, 1.165) is 25.9 Å². The molecule has 1 fully saturated rings. The molecule has 1 aliphatic rings. The Bertz CT molecular complexity index is 260. The van der Waals surface area contributed by atoms with Crippen LogP contribution < -0.4 is 5.32 Å². The average molecular weight is 242 g/mol. The van der Waals surface area contributed by atoms with Crippen LogP contribution in [0.15, 0.2) is 0 Å². The van der Waals surface area contributed by atoms with Crippen LogP contribution in [0, 0.1) is 0 Å². The van der Waals surface area contributed by atoms with E-state index in [2.05, 4.69) is 5.32 Å². The highest BCUT2D eigenvalue weighted by atomic mass is 16.5. The third-order valence-corrected chi connectivity index (χ3v) is 2.69. The average Bonchev–Trinajstić information content (AvgIpc) is 2.34. The maximum Gasteiger partial charge on any atom is 0.246 e. The molecule has 1 N–H and O–H groups in total. The van der Waals surface area contributed by atoms with Gasteiger partial charge >= 0.3 is 0 Å². The quantitative estimate of drug-likeness (QED) is 0.765. The number of amides is 2. The lowest BCUT2D eigenvalue weighted by Gasteiger charge is -2.26. The summed E-state index contributed by atoms with van der Waals surface area (Å²) in [6.45, 7) is 5.47. The predicted octanol–water partition coefficient (Wildman–Crippen LogP) is 0.540. The van der Waals surface area contributed by atoms with E-state index in [1.54, 1.807) is 0 Å². The zero-order valence-electron chi connectivity index (χ0n) is 10.7. The van der Waals surface area contributed by atoms with Crippen LogP contribution in [0.3, 0.4) is 0 Å². The summed E-state index contributed by atoms with van der Waals surface area (Å²) in [5, 5.41) is 2.58. The van der Waals surface area contributed by atoms with Crippen molar-refractivity contribution in [1.82, 2.24) is 10.2 Å². The summed E-state index contributed by atoms with van der Waals surface area (Å²) in [4.78, 5) is 24.9. The minimum atomic E-state index is -0.232. The fourth-order valence-electron chi connectivity index (χ4n) is 1.72. The van der Waals surface area contributed by atoms with Gasteiger partial charge in [0.1, 0.15) is 6.61 Å². The summed E-state index contributed by atoms with van der Waals surface area (Å²) in [6, 6.07) is 0. The molecule has 0 atom stereocenters. The smallest absolute Gasteiger partial charge is 0.246 e. The maximum atomic E-state index is 11.7. The maximum absolute atomic E-state index is 11.7. The summed E-state index contributed by atoms with van der Waals surface area (Å²) in [5.41, 5.74) is 0. The van der Waals surface area contributed by atoms with Gasteiger partial charge in [0.15, 0.2) is 0 Å². The van der Waals surface area contributed by atoms with E-state index < -0.39 is 0 Å². The molecule has 17 heavy (non-hydrogen) atoms. The molecule has 5 heteroatoms. The van der Waals surface area contributed by atoms with Crippen molar-refractivity contribution in [3.63, 3.8) is 0 Å². The Morgan fingerprint density at radius 1 is 1.24 bits per heavy atom. The van der Waals surface area contributed by atoms with Crippen molar-refractivity contribution in [3.8, 4) is 0 Å². The summed E-state index contributed by atoms with van der Waals surface area (Å²) in [5.74, 6) is -0.230. The second-order valence-electron chi connectivity index (χ2n) is 4.58. The number of carbonyl (C=O) groups excluding carboxylic acids is 2. The molecule has 1 heterocycles. The number of hydrogen-bond donors (Lipinski definition) is 1. The topological polar surface area (TPSA) is 58.6 Å². The summed E-state index contributed by atoms with van der Waals surface area (Å²) >= 11 is 0. The van der Waals surface area contributed by atoms with Crippen LogP contribution in [0.25, 0.3) is 0 Å². The van der Waals surface area contributed by atoms with E-state index in [4.69, 9.17) is 4.74 Å². The molecule has 98 valence electrons. The van der Waals surface area contributed by atoms with Gasteiger partial charge < -0.3 is 15.0 Å². The molecule has 0 spiro atoms. The normalized spacial score (nSPS) is 16.1. The first kappa shape index (κ1) is 14.0. The van der Waals surface area contributed by atoms with E-state index in [0.29, 0.717) is 0 Å². The molecular formula is C12H22N2O3. The fraction of sp³-hybridized carbons (Fsp3) is 0.833. The van der Waals surface area contributed by atoms with Crippen molar-refractivity contribution in [2.75, 3.05) is 26.2 Å². The van der Waals surface area contributed by atoms with Crippen LogP contribution in [-0.4, -0.2) is 49.1 Å². The molecule has 5 nitrogen and oxygen atoms in total. The largest absolute Gasteiger partial charge is 0.369 e. The van der Waals surface area contributed by atoms with Crippen LogP contribution in [-0.2, 0) is 14.3 Å². The Morgan fingerprint density at radius 3 is 2.47 bits per heavy atom. The van der Waals surface area contributed by atoms with Crippen molar-refractivity contribution < 1.29 is 14.3 Å². The van der Waals surface area contributed by atoms with Crippen molar-refractivity contribution in [2.24, 2.45) is 0 Å². The Hall–Kier alpha value is -1.10. The summed E-state index contributed by atoms with van der Waals surface area (Å²) in [7, 11) is 0. The number of piperidine rings is 1. The minimum absolute atomic E-state index is 0.00240. The third kappa shape index (κ3) is 5.68. The summed E-state index contributed by atoms with van der Waals surface area (Å²) in [6.07, 6.45) is 3.35. The van der Waals surface area contributed by atoms with E-state index in [1.165, 1.54) is 6.42 Å². The Balaban J connectivity index is 2.16. The minimum Gasteiger partial charge on any atom is -0.369 e. The monoisotopic (exact) mass is 242 g/mol. The van der Waals surface area contributed by atoms with E-state index in [9.17, 15) is 9.59 Å². The highest BCUT2D eigenvalue weighted by molar-refractivity contribution is 5.85. The molecule has 1 saturated heterocycles. The molecule has 0 saturated carbocycles. The first-order chi connectivity index (χ1) is 8.09. The lowest BCUT2D eigenvalue weighted by Crippen LogP contribution is -2.43. The van der Waals surface area contributed by atoms with Crippen LogP contribution in [0.1, 0.15) is 33.1 Å². The summed E-state index contributed by atoms with van der Waals surface area (Å²) < 4.78 is 5.14. The van der Waals surface area contributed by atoms with Gasteiger partial charge in [0.2, 0.25) is 11.8 Å². The highest BCUT2D eigenvalue weighted by Crippen LogP contribution is 2.08. The standard InChI is InChI=1S/C12H22N2O3/c1-10(2)17-9-11(15)13-8-12(16)14-6-4-3-5-7-14/h10H,3-9H2,1-2H3,(H,13,15). The van der Waals surface area contributed by atoms with Gasteiger partial charge in [0.05, 0.1) is 12.6 Å². The molecule has 0 aromatic carbocycles. The van der Waals surface area contributed by atoms with Crippen molar-refractivity contribution >= 4 is 11.8 Å². The third-order valence-electron chi connectivity index (χ3n) is 2.69. The Kier molecular flexibility index (Phi) is 5.97. The van der Waals surface area contributed by atoms with Crippen molar-refractivity contribution in [2.45, 2.75) is 39.2 Å². The number of rotatable bonds is 5. The van der Waals surface area contributed by atoms with Gasteiger partial charge in [-0.1, -0.05) is 0 Å². The highest BCUT2D eigenvalue weighted by Gasteiger charge is 2.16. The van der Waals surface area contributed by atoms with Gasteiger partial charge in [-0.15, -0.1) is 0 Å². The zero-order chi connectivity index (χ0) is 12.7. The van der Waals surface area contributed by atoms with Crippen LogP contribution in [0.4, 0.5) is 0 Å². The van der Waals surface area contributed by atoms with E-state index in [-0.39, 0.29) is 31.1 Å². The van der Waals surface area contributed by atoms with Gasteiger partial charge in [0.25, 0.3) is 0 Å². The molecule has 0 aromatic heterocycles. The fourth-order valence-corrected chi connectivity index (χ4v) is 1.72. The zero-order valence-corrected chi connectivity index (χ0v) is 10.7. The molecule has 0 bridgehead atoms. The number of likely N-dealkylation sites (tertiary alicyclic amines) is 1.